The predicted octanol–water partition coefficient (Wildman–Crippen LogP) is 2.47. The highest BCUT2D eigenvalue weighted by atomic mass is 32.1. The van der Waals surface area contributed by atoms with Gasteiger partial charge in [-0.3, -0.25) is 0 Å². The topological polar surface area (TPSA) is 42.5 Å². The van der Waals surface area contributed by atoms with Crippen LogP contribution in [-0.4, -0.2) is 31.5 Å². The van der Waals surface area contributed by atoms with E-state index < -0.39 is 0 Å². The Kier molecular flexibility index (Phi) is 4.99. The van der Waals surface area contributed by atoms with Crippen molar-refractivity contribution in [1.29, 1.82) is 0 Å². The fourth-order valence-electron chi connectivity index (χ4n) is 2.10. The maximum atomic E-state index is 5.54. The standard InChI is InChI=1S/C14H20N2O2S/c1-10-5-6-13(17-2)12(8-10)16-14(19)15-9-11-4-3-7-18-11/h5-6,8,11H,3-4,7,9H2,1-2H3,(H2,15,16,19). The first-order chi connectivity index (χ1) is 9.19. The highest BCUT2D eigenvalue weighted by Crippen LogP contribution is 2.25. The molecule has 104 valence electrons. The minimum atomic E-state index is 0.277. The van der Waals surface area contributed by atoms with Crippen LogP contribution in [0.4, 0.5) is 5.69 Å². The Hall–Kier alpha value is -1.33. The number of benzene rings is 1. The van der Waals surface area contributed by atoms with Crippen LogP contribution in [0, 0.1) is 6.92 Å². The monoisotopic (exact) mass is 280 g/mol. The van der Waals surface area contributed by atoms with E-state index in [0.29, 0.717) is 5.11 Å². The molecule has 1 fully saturated rings. The number of hydrogen-bond acceptors (Lipinski definition) is 3. The van der Waals surface area contributed by atoms with E-state index in [0.717, 1.165) is 43.0 Å². The molecule has 2 rings (SSSR count). The summed E-state index contributed by atoms with van der Waals surface area (Å²) < 4.78 is 10.8. The van der Waals surface area contributed by atoms with Gasteiger partial charge >= 0.3 is 0 Å². The van der Waals surface area contributed by atoms with Gasteiger partial charge in [-0.05, 0) is 49.7 Å². The van der Waals surface area contributed by atoms with Crippen molar-refractivity contribution < 1.29 is 9.47 Å². The van der Waals surface area contributed by atoms with Crippen molar-refractivity contribution in [1.82, 2.24) is 5.32 Å². The molecule has 1 aromatic carbocycles. The van der Waals surface area contributed by atoms with Crippen molar-refractivity contribution >= 4 is 23.0 Å². The van der Waals surface area contributed by atoms with Crippen molar-refractivity contribution in [2.45, 2.75) is 25.9 Å². The second kappa shape index (κ2) is 6.73. The molecule has 1 atom stereocenters. The summed E-state index contributed by atoms with van der Waals surface area (Å²) in [4.78, 5) is 0. The van der Waals surface area contributed by atoms with E-state index in [1.807, 2.05) is 25.1 Å². The van der Waals surface area contributed by atoms with Crippen molar-refractivity contribution in [3.8, 4) is 5.75 Å². The van der Waals surface area contributed by atoms with Gasteiger partial charge in [0.2, 0.25) is 0 Å². The van der Waals surface area contributed by atoms with Crippen molar-refractivity contribution in [3.05, 3.63) is 23.8 Å². The summed E-state index contributed by atoms with van der Waals surface area (Å²) in [6, 6.07) is 5.95. The van der Waals surface area contributed by atoms with Crippen LogP contribution < -0.4 is 15.4 Å². The number of thiocarbonyl (C=S) groups is 1. The Bertz CT molecular complexity index is 445. The zero-order valence-electron chi connectivity index (χ0n) is 11.4. The van der Waals surface area contributed by atoms with Gasteiger partial charge in [0.15, 0.2) is 5.11 Å². The van der Waals surface area contributed by atoms with Gasteiger partial charge in [0.05, 0.1) is 18.9 Å². The zero-order valence-corrected chi connectivity index (χ0v) is 12.2. The van der Waals surface area contributed by atoms with E-state index >= 15 is 0 Å². The highest BCUT2D eigenvalue weighted by molar-refractivity contribution is 7.80. The second-order valence-electron chi connectivity index (χ2n) is 4.67. The van der Waals surface area contributed by atoms with Crippen LogP contribution in [-0.2, 0) is 4.74 Å². The summed E-state index contributed by atoms with van der Waals surface area (Å²) in [5.74, 6) is 0.784. The molecule has 0 saturated carbocycles. The van der Waals surface area contributed by atoms with Gasteiger partial charge in [-0.1, -0.05) is 6.07 Å². The van der Waals surface area contributed by atoms with Crippen LogP contribution in [0.25, 0.3) is 0 Å². The van der Waals surface area contributed by atoms with E-state index in [2.05, 4.69) is 10.6 Å². The minimum Gasteiger partial charge on any atom is -0.495 e. The lowest BCUT2D eigenvalue weighted by molar-refractivity contribution is 0.114. The summed E-state index contributed by atoms with van der Waals surface area (Å²) >= 11 is 5.29. The summed E-state index contributed by atoms with van der Waals surface area (Å²) in [5, 5.41) is 6.95. The first-order valence-electron chi connectivity index (χ1n) is 6.50. The van der Waals surface area contributed by atoms with Crippen molar-refractivity contribution in [3.63, 3.8) is 0 Å². The summed E-state index contributed by atoms with van der Waals surface area (Å²) in [6.07, 6.45) is 2.51. The molecule has 0 spiro atoms. The summed E-state index contributed by atoms with van der Waals surface area (Å²) in [7, 11) is 1.65. The quantitative estimate of drug-likeness (QED) is 0.829. The third-order valence-electron chi connectivity index (χ3n) is 3.12. The Morgan fingerprint density at radius 1 is 1.53 bits per heavy atom. The van der Waals surface area contributed by atoms with E-state index in [4.69, 9.17) is 21.7 Å². The van der Waals surface area contributed by atoms with E-state index in [9.17, 15) is 0 Å². The smallest absolute Gasteiger partial charge is 0.170 e. The van der Waals surface area contributed by atoms with Crippen LogP contribution >= 0.6 is 12.2 Å². The van der Waals surface area contributed by atoms with Crippen LogP contribution in [0.2, 0.25) is 0 Å². The predicted molar refractivity (Wildman–Crippen MR) is 80.9 cm³/mol. The van der Waals surface area contributed by atoms with Gasteiger partial charge in [-0.15, -0.1) is 0 Å². The molecule has 0 aromatic heterocycles. The third-order valence-corrected chi connectivity index (χ3v) is 3.36. The lowest BCUT2D eigenvalue weighted by atomic mass is 10.2. The van der Waals surface area contributed by atoms with Gasteiger partial charge in [0, 0.05) is 13.2 Å². The molecule has 1 saturated heterocycles. The molecule has 2 N–H and O–H groups in total. The second-order valence-corrected chi connectivity index (χ2v) is 5.08. The minimum absolute atomic E-state index is 0.277. The molecule has 5 heteroatoms. The number of nitrogens with one attached hydrogen (secondary N) is 2. The average molecular weight is 280 g/mol. The first-order valence-corrected chi connectivity index (χ1v) is 6.91. The number of methoxy groups -OCH3 is 1. The van der Waals surface area contributed by atoms with Gasteiger partial charge in [0.25, 0.3) is 0 Å². The maximum absolute atomic E-state index is 5.54. The first kappa shape index (κ1) is 14.1. The number of aryl methyl sites for hydroxylation is 1. The van der Waals surface area contributed by atoms with Gasteiger partial charge in [-0.25, -0.2) is 0 Å². The number of hydrogen-bond donors (Lipinski definition) is 2. The molecule has 0 amide bonds. The molecule has 1 heterocycles. The van der Waals surface area contributed by atoms with Gasteiger partial charge in [-0.2, -0.15) is 0 Å². The van der Waals surface area contributed by atoms with Crippen LogP contribution in [0.5, 0.6) is 5.75 Å². The van der Waals surface area contributed by atoms with Crippen LogP contribution in [0.15, 0.2) is 18.2 Å². The average Bonchev–Trinajstić information content (AvgIpc) is 2.90. The molecule has 1 aliphatic heterocycles. The SMILES string of the molecule is COc1ccc(C)cc1NC(=S)NCC1CCCO1. The van der Waals surface area contributed by atoms with E-state index in [1.54, 1.807) is 7.11 Å². The van der Waals surface area contributed by atoms with Gasteiger partial charge < -0.3 is 20.1 Å². The molecule has 0 aliphatic carbocycles. The zero-order chi connectivity index (χ0) is 13.7. The third kappa shape index (κ3) is 4.08. The number of rotatable bonds is 4. The van der Waals surface area contributed by atoms with Crippen molar-refractivity contribution in [2.75, 3.05) is 25.6 Å². The molecule has 0 bridgehead atoms. The maximum Gasteiger partial charge on any atom is 0.170 e. The Morgan fingerprint density at radius 3 is 3.05 bits per heavy atom. The fraction of sp³-hybridized carbons (Fsp3) is 0.500. The number of anilines is 1. The Labute approximate surface area is 119 Å². The number of ether oxygens (including phenoxy) is 2. The lowest BCUT2D eigenvalue weighted by Gasteiger charge is -2.16. The van der Waals surface area contributed by atoms with Crippen LogP contribution in [0.3, 0.4) is 0 Å². The van der Waals surface area contributed by atoms with E-state index in [-0.39, 0.29) is 6.10 Å². The summed E-state index contributed by atoms with van der Waals surface area (Å²) in [5.41, 5.74) is 2.04. The molecule has 1 aromatic rings. The fourth-order valence-corrected chi connectivity index (χ4v) is 2.29. The summed E-state index contributed by atoms with van der Waals surface area (Å²) in [6.45, 7) is 3.64. The van der Waals surface area contributed by atoms with Gasteiger partial charge in [0.1, 0.15) is 5.75 Å². The lowest BCUT2D eigenvalue weighted by Crippen LogP contribution is -2.34. The highest BCUT2D eigenvalue weighted by Gasteiger charge is 2.15. The molecule has 19 heavy (non-hydrogen) atoms. The molecule has 0 radical (unpaired) electrons. The van der Waals surface area contributed by atoms with Crippen molar-refractivity contribution in [2.24, 2.45) is 0 Å². The van der Waals surface area contributed by atoms with E-state index in [1.165, 1.54) is 0 Å². The largest absolute Gasteiger partial charge is 0.495 e. The normalized spacial score (nSPS) is 18.1. The van der Waals surface area contributed by atoms with Crippen LogP contribution in [0.1, 0.15) is 18.4 Å². The molecule has 1 aliphatic rings. The molecular weight excluding hydrogens is 260 g/mol. The molecule has 1 unspecified atom stereocenters. The molecular formula is C14H20N2O2S. The Morgan fingerprint density at radius 2 is 2.37 bits per heavy atom. The molecule has 4 nitrogen and oxygen atoms in total. The Balaban J connectivity index is 1.88.